The normalized spacial score (nSPS) is 25.2. The van der Waals surface area contributed by atoms with E-state index in [0.717, 1.165) is 6.42 Å². The molecule has 0 aromatic heterocycles. The molecule has 0 N–H and O–H groups in total. The highest BCUT2D eigenvalue weighted by Crippen LogP contribution is 2.46. The average Bonchev–Trinajstić information content (AvgIpc) is 2.41. The van der Waals surface area contributed by atoms with Crippen molar-refractivity contribution in [1.29, 1.82) is 5.26 Å². The predicted molar refractivity (Wildman–Crippen MR) is 74.2 cm³/mol. The van der Waals surface area contributed by atoms with E-state index in [-0.39, 0.29) is 5.91 Å². The maximum absolute atomic E-state index is 12.3. The standard InChI is InChI=1S/C16H20N2O/c1-13-10-16(11-13,12-17)15(19)18(2)9-8-14-6-4-3-5-7-14/h3-7,13H,8-11H2,1-2H3. The Labute approximate surface area is 114 Å². The molecule has 0 bridgehead atoms. The van der Waals surface area contributed by atoms with Gasteiger partial charge in [-0.05, 0) is 30.7 Å². The Kier molecular flexibility index (Phi) is 3.90. The van der Waals surface area contributed by atoms with Gasteiger partial charge in [0.15, 0.2) is 0 Å². The fraction of sp³-hybridized carbons (Fsp3) is 0.500. The fourth-order valence-corrected chi connectivity index (χ4v) is 2.85. The first-order valence-corrected chi connectivity index (χ1v) is 6.78. The molecule has 1 amide bonds. The van der Waals surface area contributed by atoms with Gasteiger partial charge in [0, 0.05) is 13.6 Å². The first-order chi connectivity index (χ1) is 9.07. The highest BCUT2D eigenvalue weighted by molar-refractivity contribution is 5.86. The zero-order valence-electron chi connectivity index (χ0n) is 11.6. The van der Waals surface area contributed by atoms with E-state index in [1.807, 2.05) is 18.2 Å². The Morgan fingerprint density at radius 2 is 2.05 bits per heavy atom. The van der Waals surface area contributed by atoms with Crippen molar-refractivity contribution in [3.05, 3.63) is 35.9 Å². The Morgan fingerprint density at radius 3 is 2.58 bits per heavy atom. The second kappa shape index (κ2) is 5.44. The summed E-state index contributed by atoms with van der Waals surface area (Å²) in [6, 6.07) is 12.3. The lowest BCUT2D eigenvalue weighted by Gasteiger charge is -2.41. The van der Waals surface area contributed by atoms with Crippen LogP contribution >= 0.6 is 0 Å². The van der Waals surface area contributed by atoms with Crippen molar-refractivity contribution in [2.45, 2.75) is 26.2 Å². The summed E-state index contributed by atoms with van der Waals surface area (Å²) >= 11 is 0. The molecule has 1 saturated carbocycles. The van der Waals surface area contributed by atoms with Crippen molar-refractivity contribution in [3.63, 3.8) is 0 Å². The maximum atomic E-state index is 12.3. The van der Waals surface area contributed by atoms with Crippen LogP contribution in [0.1, 0.15) is 25.3 Å². The molecular weight excluding hydrogens is 236 g/mol. The number of nitrogens with zero attached hydrogens (tertiary/aromatic N) is 2. The van der Waals surface area contributed by atoms with Crippen molar-refractivity contribution in [1.82, 2.24) is 4.90 Å². The summed E-state index contributed by atoms with van der Waals surface area (Å²) in [4.78, 5) is 14.1. The Morgan fingerprint density at radius 1 is 1.42 bits per heavy atom. The molecule has 0 aliphatic heterocycles. The number of carbonyl (C=O) groups is 1. The van der Waals surface area contributed by atoms with E-state index in [4.69, 9.17) is 0 Å². The molecule has 1 aliphatic rings. The van der Waals surface area contributed by atoms with Crippen LogP contribution in [-0.4, -0.2) is 24.4 Å². The van der Waals surface area contributed by atoms with Gasteiger partial charge in [-0.15, -0.1) is 0 Å². The van der Waals surface area contributed by atoms with Gasteiger partial charge < -0.3 is 4.90 Å². The molecule has 1 aromatic rings. The van der Waals surface area contributed by atoms with Crippen LogP contribution in [0.25, 0.3) is 0 Å². The van der Waals surface area contributed by atoms with Crippen LogP contribution in [0.5, 0.6) is 0 Å². The molecule has 2 rings (SSSR count). The largest absolute Gasteiger partial charge is 0.344 e. The smallest absolute Gasteiger partial charge is 0.242 e. The number of carbonyl (C=O) groups excluding carboxylic acids is 1. The maximum Gasteiger partial charge on any atom is 0.242 e. The van der Waals surface area contributed by atoms with Crippen LogP contribution in [-0.2, 0) is 11.2 Å². The first kappa shape index (κ1) is 13.6. The lowest BCUT2D eigenvalue weighted by Crippen LogP contribution is -2.49. The molecule has 0 radical (unpaired) electrons. The van der Waals surface area contributed by atoms with Crippen LogP contribution in [0.4, 0.5) is 0 Å². The molecular formula is C16H20N2O. The highest BCUT2D eigenvalue weighted by atomic mass is 16.2. The van der Waals surface area contributed by atoms with E-state index >= 15 is 0 Å². The third kappa shape index (κ3) is 2.78. The molecule has 100 valence electrons. The molecule has 0 saturated heterocycles. The monoisotopic (exact) mass is 256 g/mol. The SMILES string of the molecule is CC1CC(C#N)(C(=O)N(C)CCc2ccccc2)C1. The van der Waals surface area contributed by atoms with Gasteiger partial charge in [0.25, 0.3) is 0 Å². The fourth-order valence-electron chi connectivity index (χ4n) is 2.85. The Bertz CT molecular complexity index is 483. The van der Waals surface area contributed by atoms with Crippen LogP contribution in [0, 0.1) is 22.7 Å². The molecule has 1 aliphatic carbocycles. The molecule has 1 fully saturated rings. The number of likely N-dealkylation sites (N-methyl/N-ethyl adjacent to an activating group) is 1. The second-order valence-electron chi connectivity index (χ2n) is 5.67. The first-order valence-electron chi connectivity index (χ1n) is 6.78. The van der Waals surface area contributed by atoms with Gasteiger partial charge in [0.2, 0.25) is 5.91 Å². The van der Waals surface area contributed by atoms with Crippen molar-refractivity contribution in [3.8, 4) is 6.07 Å². The summed E-state index contributed by atoms with van der Waals surface area (Å²) in [6.07, 6.45) is 2.25. The van der Waals surface area contributed by atoms with E-state index in [9.17, 15) is 10.1 Å². The van der Waals surface area contributed by atoms with Crippen molar-refractivity contribution >= 4 is 5.91 Å². The molecule has 3 nitrogen and oxygen atoms in total. The summed E-state index contributed by atoms with van der Waals surface area (Å²) < 4.78 is 0. The number of hydrogen-bond acceptors (Lipinski definition) is 2. The zero-order valence-corrected chi connectivity index (χ0v) is 11.6. The average molecular weight is 256 g/mol. The Balaban J connectivity index is 1.92. The third-order valence-electron chi connectivity index (χ3n) is 3.94. The second-order valence-corrected chi connectivity index (χ2v) is 5.67. The third-order valence-corrected chi connectivity index (χ3v) is 3.94. The van der Waals surface area contributed by atoms with Crippen LogP contribution in [0.3, 0.4) is 0 Å². The summed E-state index contributed by atoms with van der Waals surface area (Å²) in [6.45, 7) is 2.76. The number of benzene rings is 1. The van der Waals surface area contributed by atoms with Gasteiger partial charge >= 0.3 is 0 Å². The molecule has 3 heteroatoms. The summed E-state index contributed by atoms with van der Waals surface area (Å²) in [7, 11) is 1.80. The van der Waals surface area contributed by atoms with Crippen LogP contribution in [0.15, 0.2) is 30.3 Å². The van der Waals surface area contributed by atoms with E-state index in [1.54, 1.807) is 11.9 Å². The summed E-state index contributed by atoms with van der Waals surface area (Å²) in [5.74, 6) is 0.482. The van der Waals surface area contributed by atoms with Crippen molar-refractivity contribution in [2.75, 3.05) is 13.6 Å². The minimum Gasteiger partial charge on any atom is -0.344 e. The Hall–Kier alpha value is -1.82. The number of rotatable bonds is 4. The van der Waals surface area contributed by atoms with E-state index < -0.39 is 5.41 Å². The van der Waals surface area contributed by atoms with Gasteiger partial charge in [0.1, 0.15) is 5.41 Å². The molecule has 0 atom stereocenters. The minimum absolute atomic E-state index is 0.0102. The van der Waals surface area contributed by atoms with Crippen molar-refractivity contribution in [2.24, 2.45) is 11.3 Å². The van der Waals surface area contributed by atoms with Crippen LogP contribution in [0.2, 0.25) is 0 Å². The lowest BCUT2D eigenvalue weighted by atomic mass is 9.63. The molecule has 0 spiro atoms. The van der Waals surface area contributed by atoms with Crippen LogP contribution < -0.4 is 0 Å². The van der Waals surface area contributed by atoms with Gasteiger partial charge in [-0.1, -0.05) is 37.3 Å². The van der Waals surface area contributed by atoms with Gasteiger partial charge in [-0.2, -0.15) is 5.26 Å². The molecule has 19 heavy (non-hydrogen) atoms. The van der Waals surface area contributed by atoms with E-state index in [1.165, 1.54) is 5.56 Å². The predicted octanol–water partition coefficient (Wildman–Crippen LogP) is 2.63. The molecule has 0 heterocycles. The summed E-state index contributed by atoms with van der Waals surface area (Å²) in [5.41, 5.74) is 0.473. The van der Waals surface area contributed by atoms with Gasteiger partial charge in [0.05, 0.1) is 6.07 Å². The zero-order chi connectivity index (χ0) is 13.9. The van der Waals surface area contributed by atoms with E-state index in [2.05, 4.69) is 25.1 Å². The van der Waals surface area contributed by atoms with Crippen molar-refractivity contribution < 1.29 is 4.79 Å². The molecule has 0 unspecified atom stereocenters. The number of amides is 1. The summed E-state index contributed by atoms with van der Waals surface area (Å²) in [5, 5.41) is 9.26. The van der Waals surface area contributed by atoms with Gasteiger partial charge in [-0.25, -0.2) is 0 Å². The topological polar surface area (TPSA) is 44.1 Å². The van der Waals surface area contributed by atoms with E-state index in [0.29, 0.717) is 25.3 Å². The number of hydrogen-bond donors (Lipinski definition) is 0. The molecule has 1 aromatic carbocycles. The quantitative estimate of drug-likeness (QED) is 0.831. The highest BCUT2D eigenvalue weighted by Gasteiger charge is 2.50. The van der Waals surface area contributed by atoms with Gasteiger partial charge in [-0.3, -0.25) is 4.79 Å². The lowest BCUT2D eigenvalue weighted by molar-refractivity contribution is -0.143. The minimum atomic E-state index is -0.745. The number of nitriles is 1.